The second-order valence-electron chi connectivity index (χ2n) is 9.92. The number of phenols is 1. The molecule has 0 radical (unpaired) electrons. The molecule has 2 unspecified atom stereocenters. The van der Waals surface area contributed by atoms with E-state index in [-0.39, 0.29) is 0 Å². The number of hydrogen-bond acceptors (Lipinski definition) is 2. The highest BCUT2D eigenvalue weighted by molar-refractivity contribution is 5.45. The van der Waals surface area contributed by atoms with E-state index in [1.165, 1.54) is 75.6 Å². The number of nitrogens with zero attached hydrogens (tertiary/aromatic N) is 1. The van der Waals surface area contributed by atoms with Crippen molar-refractivity contribution in [3.8, 4) is 5.75 Å². The van der Waals surface area contributed by atoms with E-state index in [9.17, 15) is 5.11 Å². The average Bonchev–Trinajstić information content (AvgIpc) is 2.60. The van der Waals surface area contributed by atoms with Crippen molar-refractivity contribution in [2.45, 2.75) is 76.7 Å². The highest BCUT2D eigenvalue weighted by Gasteiger charge is 2.58. The Morgan fingerprint density at radius 2 is 2.04 bits per heavy atom. The fourth-order valence-electron chi connectivity index (χ4n) is 7.34. The first-order valence-corrected chi connectivity index (χ1v) is 11.2. The van der Waals surface area contributed by atoms with E-state index >= 15 is 0 Å². The summed E-state index contributed by atoms with van der Waals surface area (Å²) in [6.07, 6.45) is 10.9. The predicted molar refractivity (Wildman–Crippen MR) is 106 cm³/mol. The molecule has 1 N–H and O–H groups in total. The second-order valence-corrected chi connectivity index (χ2v) is 9.92. The lowest BCUT2D eigenvalue weighted by molar-refractivity contribution is -0.0706. The van der Waals surface area contributed by atoms with Crippen molar-refractivity contribution >= 4 is 0 Å². The van der Waals surface area contributed by atoms with Crippen molar-refractivity contribution in [1.29, 1.82) is 0 Å². The Bertz CT molecular complexity index is 681. The molecule has 3 fully saturated rings. The van der Waals surface area contributed by atoms with Crippen LogP contribution in [0.3, 0.4) is 0 Å². The standard InChI is InChI=1S/C24H35NO/c1-3-20-16(2)9-10-24-11-12-25(15-17-5-4-6-17)22(23(20)24)13-18-7-8-19(26)14-21(18)24/h7-8,14,16-17,20,22-23,26H,3-6,9-13,15H2,1-2H3/t16?,20-,22+,23?,24-/m0/s1. The third kappa shape index (κ3) is 2.40. The van der Waals surface area contributed by atoms with E-state index in [1.54, 1.807) is 0 Å². The second kappa shape index (κ2) is 6.26. The molecule has 2 nitrogen and oxygen atoms in total. The Morgan fingerprint density at radius 1 is 1.19 bits per heavy atom. The van der Waals surface area contributed by atoms with Gasteiger partial charge in [0.25, 0.3) is 0 Å². The van der Waals surface area contributed by atoms with Gasteiger partial charge in [0.2, 0.25) is 0 Å². The van der Waals surface area contributed by atoms with Gasteiger partial charge >= 0.3 is 0 Å². The van der Waals surface area contributed by atoms with E-state index in [0.717, 1.165) is 29.7 Å². The maximum atomic E-state index is 10.2. The van der Waals surface area contributed by atoms with Gasteiger partial charge in [0.15, 0.2) is 0 Å². The summed E-state index contributed by atoms with van der Waals surface area (Å²) in [6, 6.07) is 7.03. The number of aromatic hydroxyl groups is 1. The van der Waals surface area contributed by atoms with Crippen LogP contribution in [-0.2, 0) is 11.8 Å². The van der Waals surface area contributed by atoms with Crippen LogP contribution in [0, 0.1) is 23.7 Å². The van der Waals surface area contributed by atoms with Crippen LogP contribution in [0.2, 0.25) is 0 Å². The molecule has 142 valence electrons. The van der Waals surface area contributed by atoms with Crippen LogP contribution >= 0.6 is 0 Å². The van der Waals surface area contributed by atoms with E-state index in [0.29, 0.717) is 11.2 Å². The summed E-state index contributed by atoms with van der Waals surface area (Å²) in [5.74, 6) is 3.92. The summed E-state index contributed by atoms with van der Waals surface area (Å²) >= 11 is 0. The molecular formula is C24H35NO. The van der Waals surface area contributed by atoms with Crippen LogP contribution in [-0.4, -0.2) is 29.1 Å². The van der Waals surface area contributed by atoms with Crippen LogP contribution in [0.4, 0.5) is 0 Å². The average molecular weight is 354 g/mol. The van der Waals surface area contributed by atoms with Crippen molar-refractivity contribution in [1.82, 2.24) is 4.90 Å². The number of likely N-dealkylation sites (tertiary alicyclic amines) is 1. The van der Waals surface area contributed by atoms with Gasteiger partial charge in [0.1, 0.15) is 5.75 Å². The van der Waals surface area contributed by atoms with Crippen LogP contribution in [0.5, 0.6) is 5.75 Å². The topological polar surface area (TPSA) is 23.5 Å². The van der Waals surface area contributed by atoms with Gasteiger partial charge in [-0.05, 0) is 92.0 Å². The van der Waals surface area contributed by atoms with Gasteiger partial charge in [-0.3, -0.25) is 4.90 Å². The van der Waals surface area contributed by atoms with Crippen molar-refractivity contribution in [2.24, 2.45) is 23.7 Å². The van der Waals surface area contributed by atoms with E-state index in [1.807, 2.05) is 6.07 Å². The Morgan fingerprint density at radius 3 is 2.77 bits per heavy atom. The van der Waals surface area contributed by atoms with Gasteiger partial charge < -0.3 is 5.11 Å². The van der Waals surface area contributed by atoms with E-state index < -0.39 is 0 Å². The fraction of sp³-hybridized carbons (Fsp3) is 0.750. The Balaban J connectivity index is 1.58. The SMILES string of the molecule is CC[C@H]1C(C)CC[C@]23CCN(CC4CCC4)[C@H](Cc4ccc(O)cc42)C13. The third-order valence-electron chi connectivity index (χ3n) is 8.85. The number of benzene rings is 1. The maximum absolute atomic E-state index is 10.2. The van der Waals surface area contributed by atoms with Gasteiger partial charge in [0.05, 0.1) is 0 Å². The molecule has 2 bridgehead atoms. The van der Waals surface area contributed by atoms with Crippen LogP contribution in [0.15, 0.2) is 18.2 Å². The van der Waals surface area contributed by atoms with Gasteiger partial charge in [-0.1, -0.05) is 32.8 Å². The van der Waals surface area contributed by atoms with Crippen LogP contribution in [0.25, 0.3) is 0 Å². The quantitative estimate of drug-likeness (QED) is 0.814. The molecule has 0 amide bonds. The molecular weight excluding hydrogens is 318 g/mol. The highest BCUT2D eigenvalue weighted by atomic mass is 16.3. The van der Waals surface area contributed by atoms with Crippen molar-refractivity contribution < 1.29 is 5.11 Å². The van der Waals surface area contributed by atoms with Gasteiger partial charge in [-0.15, -0.1) is 0 Å². The number of hydrogen-bond donors (Lipinski definition) is 1. The number of fused-ring (bicyclic) bond motifs is 1. The molecule has 5 atom stereocenters. The van der Waals surface area contributed by atoms with Crippen LogP contribution in [0.1, 0.15) is 69.9 Å². The molecule has 1 aliphatic heterocycles. The summed E-state index contributed by atoms with van der Waals surface area (Å²) in [6.45, 7) is 7.54. The minimum Gasteiger partial charge on any atom is -0.508 e. The molecule has 1 aromatic carbocycles. The third-order valence-corrected chi connectivity index (χ3v) is 8.85. The van der Waals surface area contributed by atoms with Crippen molar-refractivity contribution in [3.63, 3.8) is 0 Å². The van der Waals surface area contributed by atoms with Crippen molar-refractivity contribution in [2.75, 3.05) is 13.1 Å². The molecule has 0 aromatic heterocycles. The van der Waals surface area contributed by atoms with Gasteiger partial charge in [-0.2, -0.15) is 0 Å². The first kappa shape index (κ1) is 17.1. The maximum Gasteiger partial charge on any atom is 0.115 e. The summed E-state index contributed by atoms with van der Waals surface area (Å²) in [5.41, 5.74) is 3.39. The molecule has 0 spiro atoms. The molecule has 4 aliphatic rings. The number of piperidine rings is 1. The van der Waals surface area contributed by atoms with Gasteiger partial charge in [0, 0.05) is 18.0 Å². The molecule has 1 saturated heterocycles. The Kier molecular flexibility index (Phi) is 4.12. The lowest BCUT2D eigenvalue weighted by atomic mass is 9.47. The zero-order chi connectivity index (χ0) is 17.9. The lowest BCUT2D eigenvalue weighted by Crippen LogP contribution is -2.64. The fourth-order valence-corrected chi connectivity index (χ4v) is 7.34. The molecule has 1 aromatic rings. The number of rotatable bonds is 3. The minimum atomic E-state index is 0.334. The van der Waals surface area contributed by atoms with Crippen molar-refractivity contribution in [3.05, 3.63) is 29.3 Å². The highest BCUT2D eigenvalue weighted by Crippen LogP contribution is 2.60. The molecule has 1 heterocycles. The summed E-state index contributed by atoms with van der Waals surface area (Å²) in [4.78, 5) is 2.91. The largest absolute Gasteiger partial charge is 0.508 e. The predicted octanol–water partition coefficient (Wildman–Crippen LogP) is 5.13. The normalized spacial score (nSPS) is 39.8. The molecule has 3 aliphatic carbocycles. The Hall–Kier alpha value is -1.02. The van der Waals surface area contributed by atoms with E-state index in [2.05, 4.69) is 30.9 Å². The monoisotopic (exact) mass is 353 g/mol. The molecule has 26 heavy (non-hydrogen) atoms. The molecule has 2 heteroatoms. The zero-order valence-corrected chi connectivity index (χ0v) is 16.6. The first-order chi connectivity index (χ1) is 12.6. The molecule has 5 rings (SSSR count). The van der Waals surface area contributed by atoms with Gasteiger partial charge in [-0.25, -0.2) is 0 Å². The Labute approximate surface area is 159 Å². The molecule has 2 saturated carbocycles. The summed E-state index contributed by atoms with van der Waals surface area (Å²) in [5, 5.41) is 10.2. The lowest BCUT2D eigenvalue weighted by Gasteiger charge is -2.63. The first-order valence-electron chi connectivity index (χ1n) is 11.2. The summed E-state index contributed by atoms with van der Waals surface area (Å²) < 4.78 is 0. The smallest absolute Gasteiger partial charge is 0.115 e. The minimum absolute atomic E-state index is 0.334. The van der Waals surface area contributed by atoms with Crippen LogP contribution < -0.4 is 0 Å². The van der Waals surface area contributed by atoms with E-state index in [4.69, 9.17) is 0 Å². The number of phenolic OH excluding ortho intramolecular Hbond substituents is 1. The summed E-state index contributed by atoms with van der Waals surface area (Å²) in [7, 11) is 0. The zero-order valence-electron chi connectivity index (χ0n) is 16.6.